The van der Waals surface area contributed by atoms with Crippen LogP contribution in [0.5, 0.6) is 0 Å². The number of hydrogen-bond acceptors (Lipinski definition) is 7. The first-order valence-corrected chi connectivity index (χ1v) is 25.0. The number of nitrogens with zero attached hydrogens (tertiary/aromatic N) is 3. The first-order valence-electron chi connectivity index (χ1n) is 24.6. The summed E-state index contributed by atoms with van der Waals surface area (Å²) in [5.41, 5.74) is 6.37. The number of benzene rings is 4. The van der Waals surface area contributed by atoms with Crippen LogP contribution in [-0.2, 0) is 48.8 Å². The maximum atomic E-state index is 13.8. The van der Waals surface area contributed by atoms with E-state index in [1.165, 1.54) is 17.2 Å². The molecule has 0 radical (unpaired) electrons. The van der Waals surface area contributed by atoms with Crippen LogP contribution in [0.25, 0.3) is 0 Å². The van der Waals surface area contributed by atoms with Crippen LogP contribution in [0.2, 0.25) is 5.02 Å². The van der Waals surface area contributed by atoms with E-state index in [2.05, 4.69) is 62.1 Å². The standard InChI is InChI=1S/C29H38ClN3O3.C26H32FN3O2/c1-22-6-5-9-26(30)25(22)21-31-27(34)10-11-28(35)32-24-12-14-29(15-13-24,33-16-18-36-19-17-33)20-23-7-3-2-4-8-23;1-29(2)26(20-7-5-8-21(27)18-20)15-12-22(13-16-26)28-24(31)10-11-25(32)30-17-14-19-6-3-4-9-23(19)30/h2-9,24H,10-21H2,1H3,(H,31,34)(H,32,35);3-9,18,22H,10-17H2,1-2H3,(H,28,31). The number of ether oxygens (including phenoxy) is 1. The number of para-hydroxylation sites is 1. The molecule has 0 atom stereocenters. The van der Waals surface area contributed by atoms with Crippen molar-refractivity contribution >= 4 is 40.9 Å². The van der Waals surface area contributed by atoms with Crippen molar-refractivity contribution < 1.29 is 28.3 Å². The van der Waals surface area contributed by atoms with Gasteiger partial charge >= 0.3 is 0 Å². The zero-order chi connectivity index (χ0) is 48.1. The third-order valence-corrected chi connectivity index (χ3v) is 15.2. The molecular weight excluding hydrogens is 879 g/mol. The number of morpholine rings is 1. The molecule has 0 spiro atoms. The number of hydrogen-bond donors (Lipinski definition) is 3. The van der Waals surface area contributed by atoms with Gasteiger partial charge < -0.3 is 25.6 Å². The molecule has 364 valence electrons. The zero-order valence-electron chi connectivity index (χ0n) is 40.2. The minimum atomic E-state index is -0.220. The van der Waals surface area contributed by atoms with E-state index in [1.54, 1.807) is 17.0 Å². The summed E-state index contributed by atoms with van der Waals surface area (Å²) in [6, 6.07) is 31.5. The normalized spacial score (nSPS) is 22.6. The number of rotatable bonds is 15. The fourth-order valence-corrected chi connectivity index (χ4v) is 11.2. The van der Waals surface area contributed by atoms with Crippen molar-refractivity contribution in [3.63, 3.8) is 0 Å². The molecule has 68 heavy (non-hydrogen) atoms. The fourth-order valence-electron chi connectivity index (χ4n) is 10.9. The van der Waals surface area contributed by atoms with Crippen molar-refractivity contribution in [1.82, 2.24) is 25.8 Å². The van der Waals surface area contributed by atoms with Gasteiger partial charge in [-0.15, -0.1) is 0 Å². The van der Waals surface area contributed by atoms with Crippen LogP contribution in [0.4, 0.5) is 10.1 Å². The molecule has 0 bridgehead atoms. The summed E-state index contributed by atoms with van der Waals surface area (Å²) in [6.45, 7) is 6.54. The Kier molecular flexibility index (Phi) is 17.8. The zero-order valence-corrected chi connectivity index (χ0v) is 40.9. The third-order valence-electron chi connectivity index (χ3n) is 14.9. The predicted octanol–water partition coefficient (Wildman–Crippen LogP) is 8.43. The van der Waals surface area contributed by atoms with Gasteiger partial charge in [-0.25, -0.2) is 4.39 Å². The first-order chi connectivity index (χ1) is 32.8. The monoisotopic (exact) mass is 949 g/mol. The summed E-state index contributed by atoms with van der Waals surface area (Å²) in [4.78, 5) is 56.7. The molecule has 13 heteroatoms. The van der Waals surface area contributed by atoms with Gasteiger partial charge in [-0.2, -0.15) is 0 Å². The molecule has 4 amide bonds. The van der Waals surface area contributed by atoms with Crippen molar-refractivity contribution in [2.45, 2.75) is 127 Å². The van der Waals surface area contributed by atoms with E-state index in [0.29, 0.717) is 18.1 Å². The molecule has 3 fully saturated rings. The number of nitrogens with one attached hydrogen (secondary N) is 3. The van der Waals surface area contributed by atoms with E-state index in [-0.39, 0.29) is 78.3 Å². The largest absolute Gasteiger partial charge is 0.379 e. The van der Waals surface area contributed by atoms with E-state index >= 15 is 0 Å². The Morgan fingerprint density at radius 1 is 0.735 bits per heavy atom. The van der Waals surface area contributed by atoms with Crippen molar-refractivity contribution in [1.29, 1.82) is 0 Å². The maximum absolute atomic E-state index is 13.8. The van der Waals surface area contributed by atoms with Crippen LogP contribution < -0.4 is 20.9 Å². The lowest BCUT2D eigenvalue weighted by Crippen LogP contribution is -2.58. The second kappa shape index (κ2) is 23.9. The van der Waals surface area contributed by atoms with Crippen LogP contribution in [0.1, 0.15) is 105 Å². The molecule has 2 aliphatic heterocycles. The number of amides is 4. The molecule has 2 aliphatic carbocycles. The quantitative estimate of drug-likeness (QED) is 0.109. The van der Waals surface area contributed by atoms with Crippen molar-refractivity contribution in [2.24, 2.45) is 0 Å². The fraction of sp³-hybridized carbons (Fsp3) is 0.491. The minimum Gasteiger partial charge on any atom is -0.379 e. The van der Waals surface area contributed by atoms with Gasteiger partial charge in [-0.1, -0.05) is 84.4 Å². The lowest BCUT2D eigenvalue weighted by atomic mass is 9.74. The minimum absolute atomic E-state index is 0.00599. The van der Waals surface area contributed by atoms with E-state index in [0.717, 1.165) is 113 Å². The van der Waals surface area contributed by atoms with Crippen molar-refractivity contribution in [2.75, 3.05) is 51.8 Å². The molecule has 4 aromatic carbocycles. The highest BCUT2D eigenvalue weighted by molar-refractivity contribution is 6.31. The molecule has 0 aromatic heterocycles. The molecule has 4 aromatic rings. The summed E-state index contributed by atoms with van der Waals surface area (Å²) in [5.74, 6) is -0.469. The van der Waals surface area contributed by atoms with E-state index in [4.69, 9.17) is 16.3 Å². The Morgan fingerprint density at radius 3 is 2.01 bits per heavy atom. The predicted molar refractivity (Wildman–Crippen MR) is 267 cm³/mol. The van der Waals surface area contributed by atoms with Crippen LogP contribution in [0, 0.1) is 12.7 Å². The lowest BCUT2D eigenvalue weighted by Gasteiger charge is -2.50. The number of halogens is 2. The molecule has 2 saturated carbocycles. The number of fused-ring (bicyclic) bond motifs is 1. The topological polar surface area (TPSA) is 123 Å². The highest BCUT2D eigenvalue weighted by Crippen LogP contribution is 2.42. The van der Waals surface area contributed by atoms with Gasteiger partial charge in [0.2, 0.25) is 23.6 Å². The number of aryl methyl sites for hydroxylation is 1. The maximum Gasteiger partial charge on any atom is 0.227 e. The first kappa shape index (κ1) is 50.7. The lowest BCUT2D eigenvalue weighted by molar-refractivity contribution is -0.127. The van der Waals surface area contributed by atoms with Gasteiger partial charge in [-0.05, 0) is 137 Å². The smallest absolute Gasteiger partial charge is 0.227 e. The third kappa shape index (κ3) is 13.1. The number of carbonyl (C=O) groups is 4. The molecular formula is C55H70ClFN6O5. The van der Waals surface area contributed by atoms with Gasteiger partial charge in [-0.3, -0.25) is 29.0 Å². The molecule has 8 rings (SSSR count). The van der Waals surface area contributed by atoms with Crippen molar-refractivity contribution in [3.05, 3.63) is 136 Å². The molecule has 11 nitrogen and oxygen atoms in total. The summed E-state index contributed by atoms with van der Waals surface area (Å²) >= 11 is 6.24. The number of carbonyl (C=O) groups excluding carboxylic acids is 4. The van der Waals surface area contributed by atoms with Gasteiger partial charge in [0.25, 0.3) is 0 Å². The van der Waals surface area contributed by atoms with Crippen LogP contribution in [0.15, 0.2) is 97.1 Å². The average molecular weight is 950 g/mol. The van der Waals surface area contributed by atoms with Crippen LogP contribution in [-0.4, -0.2) is 98.0 Å². The Bertz CT molecular complexity index is 2300. The van der Waals surface area contributed by atoms with Gasteiger partial charge in [0.1, 0.15) is 5.82 Å². The van der Waals surface area contributed by atoms with Gasteiger partial charge in [0.05, 0.1) is 13.2 Å². The van der Waals surface area contributed by atoms with Gasteiger partial charge in [0, 0.05) is 85.7 Å². The Balaban J connectivity index is 0.000000203. The number of anilines is 1. The van der Waals surface area contributed by atoms with Crippen LogP contribution in [0.3, 0.4) is 0 Å². The Labute approximate surface area is 407 Å². The Hall–Kier alpha value is -5.14. The average Bonchev–Trinajstić information content (AvgIpc) is 3.79. The molecule has 2 heterocycles. The van der Waals surface area contributed by atoms with E-state index in [1.807, 2.05) is 63.5 Å². The molecule has 3 N–H and O–H groups in total. The second-order valence-electron chi connectivity index (χ2n) is 19.3. The summed E-state index contributed by atoms with van der Waals surface area (Å²) < 4.78 is 19.5. The SMILES string of the molecule is CN(C)C1(c2cccc(F)c2)CCC(NC(=O)CCC(=O)N2CCc3ccccc32)CC1.Cc1cccc(Cl)c1CNC(=O)CCC(=O)NC1CCC(Cc2ccccc2)(N2CCOCC2)CC1. The summed E-state index contributed by atoms with van der Waals surface area (Å²) in [7, 11) is 4.07. The van der Waals surface area contributed by atoms with E-state index in [9.17, 15) is 23.6 Å². The second-order valence-corrected chi connectivity index (χ2v) is 19.7. The summed E-state index contributed by atoms with van der Waals surface area (Å²) in [6.07, 6.45) is 10.0. The molecule has 1 saturated heterocycles. The van der Waals surface area contributed by atoms with Gasteiger partial charge in [0.15, 0.2) is 0 Å². The summed E-state index contributed by atoms with van der Waals surface area (Å²) in [5, 5.41) is 9.84. The van der Waals surface area contributed by atoms with Crippen molar-refractivity contribution in [3.8, 4) is 0 Å². The molecule has 4 aliphatic rings. The highest BCUT2D eigenvalue weighted by Gasteiger charge is 2.42. The van der Waals surface area contributed by atoms with Crippen LogP contribution >= 0.6 is 11.6 Å². The molecule has 0 unspecified atom stereocenters. The highest BCUT2D eigenvalue weighted by atomic mass is 35.5. The van der Waals surface area contributed by atoms with E-state index < -0.39 is 0 Å². The Morgan fingerprint density at radius 2 is 1.35 bits per heavy atom.